The van der Waals surface area contributed by atoms with Gasteiger partial charge < -0.3 is 9.67 Å². The molecule has 1 aromatic carbocycles. The molecule has 0 bridgehead atoms. The molecule has 2 aromatic rings. The molecule has 0 saturated carbocycles. The minimum absolute atomic E-state index is 0.0927. The Hall–Kier alpha value is -1.79. The van der Waals surface area contributed by atoms with Crippen molar-refractivity contribution in [3.05, 3.63) is 52.6 Å². The van der Waals surface area contributed by atoms with Crippen molar-refractivity contribution in [2.45, 2.75) is 50.7 Å². The van der Waals surface area contributed by atoms with Gasteiger partial charge in [0, 0.05) is 19.3 Å². The summed E-state index contributed by atoms with van der Waals surface area (Å²) < 4.78 is 30.2. The molecule has 0 amide bonds. The molecule has 1 aliphatic carbocycles. The summed E-state index contributed by atoms with van der Waals surface area (Å²) in [5, 5.41) is 10.5. The maximum Gasteiger partial charge on any atom is 0.131 e. The summed E-state index contributed by atoms with van der Waals surface area (Å²) in [4.78, 5) is 7.00. The van der Waals surface area contributed by atoms with E-state index in [1.54, 1.807) is 0 Å². The van der Waals surface area contributed by atoms with E-state index in [1.165, 1.54) is 42.4 Å². The van der Waals surface area contributed by atoms with Gasteiger partial charge in [-0.05, 0) is 57.2 Å². The number of aliphatic hydroxyl groups excluding tert-OH is 1. The SMILES string of the molecule is Cn1c([C@H]2CCCN2C[C@@H](O)c2c(F)cccc2F)nc2c1CCCC2. The number of hydrogen-bond donors (Lipinski definition) is 1. The first kappa shape index (κ1) is 17.6. The van der Waals surface area contributed by atoms with Crippen molar-refractivity contribution in [3.63, 3.8) is 0 Å². The van der Waals surface area contributed by atoms with Crippen LogP contribution in [0.15, 0.2) is 18.2 Å². The molecule has 1 aliphatic heterocycles. The number of fused-ring (bicyclic) bond motifs is 1. The number of imidazole rings is 1. The van der Waals surface area contributed by atoms with Crippen LogP contribution in [0.5, 0.6) is 0 Å². The van der Waals surface area contributed by atoms with Gasteiger partial charge in [-0.3, -0.25) is 4.90 Å². The first-order valence-electron chi connectivity index (χ1n) is 9.46. The number of nitrogens with zero attached hydrogens (tertiary/aromatic N) is 3. The van der Waals surface area contributed by atoms with E-state index < -0.39 is 17.7 Å². The molecule has 6 heteroatoms. The molecule has 0 radical (unpaired) electrons. The van der Waals surface area contributed by atoms with E-state index in [0.717, 1.165) is 38.1 Å². The van der Waals surface area contributed by atoms with Crippen LogP contribution in [0.2, 0.25) is 0 Å². The molecule has 2 aliphatic rings. The molecule has 1 saturated heterocycles. The number of halogens is 2. The summed E-state index contributed by atoms with van der Waals surface area (Å²) in [6.07, 6.45) is 5.24. The van der Waals surface area contributed by atoms with E-state index in [2.05, 4.69) is 16.5 Å². The van der Waals surface area contributed by atoms with Crippen molar-refractivity contribution in [2.24, 2.45) is 7.05 Å². The van der Waals surface area contributed by atoms with Crippen molar-refractivity contribution in [3.8, 4) is 0 Å². The van der Waals surface area contributed by atoms with Gasteiger partial charge in [-0.1, -0.05) is 6.07 Å². The van der Waals surface area contributed by atoms with Gasteiger partial charge in [0.2, 0.25) is 0 Å². The lowest BCUT2D eigenvalue weighted by molar-refractivity contribution is 0.0975. The summed E-state index contributed by atoms with van der Waals surface area (Å²) in [7, 11) is 2.07. The van der Waals surface area contributed by atoms with Gasteiger partial charge in [0.1, 0.15) is 17.5 Å². The predicted octanol–water partition coefficient (Wildman–Crippen LogP) is 3.45. The summed E-state index contributed by atoms with van der Waals surface area (Å²) in [5.74, 6) is -0.364. The zero-order valence-corrected chi connectivity index (χ0v) is 15.1. The highest BCUT2D eigenvalue weighted by molar-refractivity contribution is 5.24. The van der Waals surface area contributed by atoms with Crippen LogP contribution in [0.3, 0.4) is 0 Å². The van der Waals surface area contributed by atoms with E-state index in [-0.39, 0.29) is 18.2 Å². The van der Waals surface area contributed by atoms with Crippen molar-refractivity contribution in [1.29, 1.82) is 0 Å². The smallest absolute Gasteiger partial charge is 0.131 e. The second-order valence-electron chi connectivity index (χ2n) is 7.43. The van der Waals surface area contributed by atoms with E-state index in [4.69, 9.17) is 4.98 Å². The molecular weight excluding hydrogens is 336 g/mol. The van der Waals surface area contributed by atoms with Crippen LogP contribution in [0, 0.1) is 11.6 Å². The van der Waals surface area contributed by atoms with Crippen LogP contribution in [0.1, 0.15) is 60.6 Å². The standard InChI is InChI=1S/C20H25F2N3O/c1-24-16-9-3-2-8-15(16)23-20(24)17-10-5-11-25(17)12-18(26)19-13(21)6-4-7-14(19)22/h4,6-7,17-18,26H,2-3,5,8-12H2,1H3/t17-,18-/m1/s1. The average molecular weight is 361 g/mol. The number of benzene rings is 1. The molecule has 2 heterocycles. The van der Waals surface area contributed by atoms with Crippen LogP contribution in [-0.4, -0.2) is 32.6 Å². The quantitative estimate of drug-likeness (QED) is 0.907. The zero-order chi connectivity index (χ0) is 18.3. The lowest BCUT2D eigenvalue weighted by Gasteiger charge is -2.27. The second-order valence-corrected chi connectivity index (χ2v) is 7.43. The van der Waals surface area contributed by atoms with Crippen LogP contribution < -0.4 is 0 Å². The number of hydrogen-bond acceptors (Lipinski definition) is 3. The van der Waals surface area contributed by atoms with Crippen molar-refractivity contribution < 1.29 is 13.9 Å². The summed E-state index contributed by atoms with van der Waals surface area (Å²) in [6, 6.07) is 3.79. The van der Waals surface area contributed by atoms with Gasteiger partial charge in [0.25, 0.3) is 0 Å². The Bertz CT molecular complexity index is 784. The third-order valence-electron chi connectivity index (χ3n) is 5.81. The van der Waals surface area contributed by atoms with Crippen LogP contribution in [0.4, 0.5) is 8.78 Å². The molecule has 140 valence electrons. The first-order valence-corrected chi connectivity index (χ1v) is 9.46. The highest BCUT2D eigenvalue weighted by Gasteiger charge is 2.33. The molecule has 2 atom stereocenters. The van der Waals surface area contributed by atoms with Crippen molar-refractivity contribution in [2.75, 3.05) is 13.1 Å². The lowest BCUT2D eigenvalue weighted by Crippen LogP contribution is -2.30. The van der Waals surface area contributed by atoms with Gasteiger partial charge >= 0.3 is 0 Å². The Kier molecular flexibility index (Phi) is 4.80. The van der Waals surface area contributed by atoms with E-state index in [0.29, 0.717) is 0 Å². The Morgan fingerprint density at radius 3 is 2.65 bits per heavy atom. The number of β-amino-alcohol motifs (C(OH)–C–C–N with tert-alkyl or cyclic N) is 1. The molecule has 0 unspecified atom stereocenters. The molecule has 0 spiro atoms. The van der Waals surface area contributed by atoms with Crippen molar-refractivity contribution in [1.82, 2.24) is 14.5 Å². The lowest BCUT2D eigenvalue weighted by atomic mass is 10.0. The second kappa shape index (κ2) is 7.08. The van der Waals surface area contributed by atoms with Gasteiger partial charge in [0.05, 0.1) is 23.4 Å². The highest BCUT2D eigenvalue weighted by atomic mass is 19.1. The minimum atomic E-state index is -1.19. The Morgan fingerprint density at radius 2 is 1.92 bits per heavy atom. The van der Waals surface area contributed by atoms with Crippen LogP contribution >= 0.6 is 0 Å². The number of rotatable bonds is 4. The summed E-state index contributed by atoms with van der Waals surface area (Å²) in [5.41, 5.74) is 2.28. The highest BCUT2D eigenvalue weighted by Crippen LogP contribution is 2.35. The Morgan fingerprint density at radius 1 is 1.19 bits per heavy atom. The minimum Gasteiger partial charge on any atom is -0.387 e. The molecule has 4 nitrogen and oxygen atoms in total. The number of aryl methyl sites for hydroxylation is 1. The fourth-order valence-corrected chi connectivity index (χ4v) is 4.48. The molecule has 26 heavy (non-hydrogen) atoms. The normalized spacial score (nSPS) is 21.8. The molecular formula is C20H25F2N3O. The molecule has 4 rings (SSSR count). The van der Waals surface area contributed by atoms with Gasteiger partial charge in [-0.2, -0.15) is 0 Å². The van der Waals surface area contributed by atoms with Gasteiger partial charge in [0.15, 0.2) is 0 Å². The molecule has 1 aromatic heterocycles. The maximum atomic E-state index is 14.0. The van der Waals surface area contributed by atoms with Crippen molar-refractivity contribution >= 4 is 0 Å². The number of likely N-dealkylation sites (tertiary alicyclic amines) is 1. The third-order valence-corrected chi connectivity index (χ3v) is 5.81. The fraction of sp³-hybridized carbons (Fsp3) is 0.550. The Labute approximate surface area is 152 Å². The zero-order valence-electron chi connectivity index (χ0n) is 15.1. The van der Waals surface area contributed by atoms with E-state index in [9.17, 15) is 13.9 Å². The summed E-state index contributed by atoms with van der Waals surface area (Å²) in [6.45, 7) is 1.01. The number of aromatic nitrogens is 2. The first-order chi connectivity index (χ1) is 12.6. The van der Waals surface area contributed by atoms with E-state index in [1.807, 2.05) is 0 Å². The van der Waals surface area contributed by atoms with Crippen LogP contribution in [-0.2, 0) is 19.9 Å². The Balaban J connectivity index is 1.57. The third kappa shape index (κ3) is 3.05. The monoisotopic (exact) mass is 361 g/mol. The van der Waals surface area contributed by atoms with Crippen LogP contribution in [0.25, 0.3) is 0 Å². The average Bonchev–Trinajstić information content (AvgIpc) is 3.19. The largest absolute Gasteiger partial charge is 0.387 e. The number of aliphatic hydroxyl groups is 1. The van der Waals surface area contributed by atoms with Gasteiger partial charge in [-0.25, -0.2) is 13.8 Å². The summed E-state index contributed by atoms with van der Waals surface area (Å²) >= 11 is 0. The fourth-order valence-electron chi connectivity index (χ4n) is 4.48. The molecule has 1 N–H and O–H groups in total. The topological polar surface area (TPSA) is 41.3 Å². The van der Waals surface area contributed by atoms with Gasteiger partial charge in [-0.15, -0.1) is 0 Å². The molecule has 1 fully saturated rings. The maximum absolute atomic E-state index is 14.0. The van der Waals surface area contributed by atoms with E-state index >= 15 is 0 Å². The predicted molar refractivity (Wildman–Crippen MR) is 94.7 cm³/mol.